The smallest absolute Gasteiger partial charge is 0.339 e. The Bertz CT molecular complexity index is 888. The van der Waals surface area contributed by atoms with Crippen LogP contribution in [0.3, 0.4) is 0 Å². The molecule has 1 N–H and O–H groups in total. The van der Waals surface area contributed by atoms with Crippen molar-refractivity contribution in [1.82, 2.24) is 0 Å². The molecule has 136 valence electrons. The lowest BCUT2D eigenvalue weighted by Gasteiger charge is -2.14. The number of carbonyl (C=O) groups is 2. The van der Waals surface area contributed by atoms with Crippen molar-refractivity contribution in [3.63, 3.8) is 0 Å². The van der Waals surface area contributed by atoms with E-state index in [1.807, 2.05) is 5.32 Å². The van der Waals surface area contributed by atoms with Gasteiger partial charge >= 0.3 is 5.97 Å². The second kappa shape index (κ2) is 7.64. The van der Waals surface area contributed by atoms with E-state index < -0.39 is 46.0 Å². The molecule has 0 aliphatic carbocycles. The second-order valence-electron chi connectivity index (χ2n) is 5.07. The van der Waals surface area contributed by atoms with Crippen LogP contribution < -0.4 is 5.32 Å². The highest BCUT2D eigenvalue weighted by molar-refractivity contribution is 5.97. The molecule has 2 aromatic carbocycles. The first-order valence-electron chi connectivity index (χ1n) is 7.10. The largest absolute Gasteiger partial charge is 0.449 e. The van der Waals surface area contributed by atoms with Gasteiger partial charge in [-0.25, -0.2) is 18.0 Å². The van der Waals surface area contributed by atoms with Crippen LogP contribution in [-0.2, 0) is 9.53 Å². The van der Waals surface area contributed by atoms with Crippen molar-refractivity contribution in [3.05, 3.63) is 69.5 Å². The zero-order valence-corrected chi connectivity index (χ0v) is 13.2. The van der Waals surface area contributed by atoms with Crippen LogP contribution in [0.15, 0.2) is 36.4 Å². The van der Waals surface area contributed by atoms with Gasteiger partial charge in [0.1, 0.15) is 0 Å². The molecule has 0 aromatic heterocycles. The van der Waals surface area contributed by atoms with Gasteiger partial charge in [0.25, 0.3) is 11.6 Å². The highest BCUT2D eigenvalue weighted by atomic mass is 19.2. The summed E-state index contributed by atoms with van der Waals surface area (Å²) >= 11 is 0. The Morgan fingerprint density at radius 1 is 1.15 bits per heavy atom. The van der Waals surface area contributed by atoms with Gasteiger partial charge in [0.05, 0.1) is 16.2 Å². The lowest BCUT2D eigenvalue weighted by atomic mass is 10.2. The maximum absolute atomic E-state index is 13.5. The number of carbonyl (C=O) groups excluding carboxylic acids is 2. The lowest BCUT2D eigenvalue weighted by Crippen LogP contribution is -2.30. The molecular formula is C16H11F3N2O5. The van der Waals surface area contributed by atoms with Crippen LogP contribution in [0.25, 0.3) is 0 Å². The highest BCUT2D eigenvalue weighted by Crippen LogP contribution is 2.20. The van der Waals surface area contributed by atoms with Crippen molar-refractivity contribution in [3.8, 4) is 0 Å². The number of benzene rings is 2. The zero-order chi connectivity index (χ0) is 19.4. The Labute approximate surface area is 144 Å². The predicted molar refractivity (Wildman–Crippen MR) is 82.9 cm³/mol. The standard InChI is InChI=1S/C16H11F3N2O5/c1-8(15(22)20-12-6-5-11(17)13(18)14(12)19)26-16(23)9-3-2-4-10(7-9)21(24)25/h2-8H,1H3,(H,20,22)/t8-/m0/s1. The molecule has 1 amide bonds. The maximum Gasteiger partial charge on any atom is 0.339 e. The number of nitrogens with one attached hydrogen (secondary N) is 1. The maximum atomic E-state index is 13.5. The van der Waals surface area contributed by atoms with E-state index in [0.717, 1.165) is 19.1 Å². The Kier molecular flexibility index (Phi) is 5.55. The molecule has 26 heavy (non-hydrogen) atoms. The van der Waals surface area contributed by atoms with Crippen LogP contribution in [0.2, 0.25) is 0 Å². The Balaban J connectivity index is 2.07. The molecule has 10 heteroatoms. The Morgan fingerprint density at radius 2 is 1.85 bits per heavy atom. The minimum absolute atomic E-state index is 0.169. The summed E-state index contributed by atoms with van der Waals surface area (Å²) in [5.74, 6) is -6.82. The van der Waals surface area contributed by atoms with E-state index >= 15 is 0 Å². The molecule has 0 saturated carbocycles. The molecule has 2 aromatic rings. The lowest BCUT2D eigenvalue weighted by molar-refractivity contribution is -0.384. The monoisotopic (exact) mass is 368 g/mol. The number of rotatable bonds is 5. The Morgan fingerprint density at radius 3 is 2.50 bits per heavy atom. The number of nitro benzene ring substituents is 1. The van der Waals surface area contributed by atoms with Crippen molar-refractivity contribution in [1.29, 1.82) is 0 Å². The third-order valence-electron chi connectivity index (χ3n) is 3.24. The van der Waals surface area contributed by atoms with Gasteiger partial charge in [-0.2, -0.15) is 0 Å². The van der Waals surface area contributed by atoms with Crippen LogP contribution in [-0.4, -0.2) is 22.9 Å². The molecule has 0 radical (unpaired) electrons. The topological polar surface area (TPSA) is 98.5 Å². The summed E-state index contributed by atoms with van der Waals surface area (Å²) in [4.78, 5) is 33.8. The fourth-order valence-corrected chi connectivity index (χ4v) is 1.89. The minimum Gasteiger partial charge on any atom is -0.449 e. The number of anilines is 1. The van der Waals surface area contributed by atoms with E-state index in [-0.39, 0.29) is 11.3 Å². The van der Waals surface area contributed by atoms with Crippen LogP contribution in [0.4, 0.5) is 24.5 Å². The Hall–Kier alpha value is -3.43. The average molecular weight is 368 g/mol. The number of hydrogen-bond donors (Lipinski definition) is 1. The van der Waals surface area contributed by atoms with Gasteiger partial charge in [-0.05, 0) is 25.1 Å². The van der Waals surface area contributed by atoms with E-state index in [4.69, 9.17) is 4.74 Å². The number of esters is 1. The van der Waals surface area contributed by atoms with Gasteiger partial charge in [0.15, 0.2) is 23.6 Å². The van der Waals surface area contributed by atoms with Crippen molar-refractivity contribution >= 4 is 23.3 Å². The molecule has 1 atom stereocenters. The van der Waals surface area contributed by atoms with Crippen molar-refractivity contribution in [2.75, 3.05) is 5.32 Å². The van der Waals surface area contributed by atoms with Gasteiger partial charge in [-0.3, -0.25) is 14.9 Å². The molecule has 0 aliphatic rings. The van der Waals surface area contributed by atoms with Gasteiger partial charge in [-0.1, -0.05) is 6.07 Å². The fourth-order valence-electron chi connectivity index (χ4n) is 1.89. The van der Waals surface area contributed by atoms with Crippen LogP contribution >= 0.6 is 0 Å². The van der Waals surface area contributed by atoms with E-state index in [0.29, 0.717) is 6.07 Å². The molecule has 0 unspecified atom stereocenters. The molecule has 0 saturated heterocycles. The van der Waals surface area contributed by atoms with Crippen LogP contribution in [0, 0.1) is 27.6 Å². The van der Waals surface area contributed by atoms with Gasteiger partial charge in [0.2, 0.25) is 0 Å². The molecule has 0 aliphatic heterocycles. The fraction of sp³-hybridized carbons (Fsp3) is 0.125. The number of nitro groups is 1. The summed E-state index contributed by atoms with van der Waals surface area (Å²) in [7, 11) is 0. The summed E-state index contributed by atoms with van der Waals surface area (Å²) in [6, 6.07) is 6.06. The molecule has 0 fully saturated rings. The van der Waals surface area contributed by atoms with Crippen LogP contribution in [0.1, 0.15) is 17.3 Å². The zero-order valence-electron chi connectivity index (χ0n) is 13.2. The highest BCUT2D eigenvalue weighted by Gasteiger charge is 2.22. The summed E-state index contributed by atoms with van der Waals surface area (Å²) < 4.78 is 44.4. The van der Waals surface area contributed by atoms with E-state index in [9.17, 15) is 32.9 Å². The number of amides is 1. The van der Waals surface area contributed by atoms with Crippen molar-refractivity contribution < 1.29 is 32.4 Å². The summed E-state index contributed by atoms with van der Waals surface area (Å²) in [5.41, 5.74) is -1.15. The van der Waals surface area contributed by atoms with Crippen molar-refractivity contribution in [2.45, 2.75) is 13.0 Å². The van der Waals surface area contributed by atoms with Crippen molar-refractivity contribution in [2.24, 2.45) is 0 Å². The molecule has 0 heterocycles. The third-order valence-corrected chi connectivity index (χ3v) is 3.24. The number of halogens is 3. The molecule has 0 spiro atoms. The van der Waals surface area contributed by atoms with E-state index in [1.165, 1.54) is 18.2 Å². The van der Waals surface area contributed by atoms with Gasteiger partial charge in [-0.15, -0.1) is 0 Å². The molecular weight excluding hydrogens is 357 g/mol. The first-order valence-corrected chi connectivity index (χ1v) is 7.10. The number of non-ortho nitro benzene ring substituents is 1. The summed E-state index contributed by atoms with van der Waals surface area (Å²) in [6.07, 6.45) is -1.44. The number of nitrogens with zero attached hydrogens (tertiary/aromatic N) is 1. The molecule has 0 bridgehead atoms. The third kappa shape index (κ3) is 4.15. The first kappa shape index (κ1) is 18.9. The second-order valence-corrected chi connectivity index (χ2v) is 5.07. The van der Waals surface area contributed by atoms with Gasteiger partial charge < -0.3 is 10.1 Å². The minimum atomic E-state index is -1.76. The molecule has 2 rings (SSSR count). The average Bonchev–Trinajstić information content (AvgIpc) is 2.62. The SMILES string of the molecule is C[C@H](OC(=O)c1cccc([N+](=O)[O-])c1)C(=O)Nc1ccc(F)c(F)c1F. The van der Waals surface area contributed by atoms with Gasteiger partial charge in [0, 0.05) is 12.1 Å². The summed E-state index contributed by atoms with van der Waals surface area (Å²) in [5, 5.41) is 12.6. The normalized spacial score (nSPS) is 11.5. The first-order chi connectivity index (χ1) is 12.2. The van der Waals surface area contributed by atoms with E-state index in [1.54, 1.807) is 0 Å². The van der Waals surface area contributed by atoms with E-state index in [2.05, 4.69) is 0 Å². The number of hydrogen-bond acceptors (Lipinski definition) is 5. The van der Waals surface area contributed by atoms with Crippen LogP contribution in [0.5, 0.6) is 0 Å². The number of ether oxygens (including phenoxy) is 1. The summed E-state index contributed by atoms with van der Waals surface area (Å²) in [6.45, 7) is 1.16. The predicted octanol–water partition coefficient (Wildman–Crippen LogP) is 3.20. The quantitative estimate of drug-likeness (QED) is 0.378. The molecule has 7 nitrogen and oxygen atoms in total.